The molecule has 1 N–H and O–H groups in total. The average Bonchev–Trinajstić information content (AvgIpc) is 3.21. The number of thiazole rings is 1. The van der Waals surface area contributed by atoms with E-state index < -0.39 is 23.4 Å². The second kappa shape index (κ2) is 9.65. The van der Waals surface area contributed by atoms with Crippen LogP contribution in [0.1, 0.15) is 12.5 Å². The summed E-state index contributed by atoms with van der Waals surface area (Å²) in [5, 5.41) is 3.10. The molecule has 0 saturated carbocycles. The molecule has 0 amide bonds. The molecule has 0 fully saturated rings. The average molecular weight is 451 g/mol. The van der Waals surface area contributed by atoms with Crippen molar-refractivity contribution in [3.8, 4) is 5.75 Å². The van der Waals surface area contributed by atoms with Crippen LogP contribution in [0.5, 0.6) is 5.75 Å². The third-order valence-electron chi connectivity index (χ3n) is 4.14. The summed E-state index contributed by atoms with van der Waals surface area (Å²) in [6, 6.07) is 4.02. The first-order valence-electron chi connectivity index (χ1n) is 8.98. The fraction of sp³-hybridized carbons (Fsp3) is 0.200. The number of alkyl halides is 3. The first-order chi connectivity index (χ1) is 14.8. The lowest BCUT2D eigenvalue weighted by Gasteiger charge is -2.11. The molecule has 11 heteroatoms. The van der Waals surface area contributed by atoms with Gasteiger partial charge in [-0.1, -0.05) is 12.1 Å². The SMILES string of the molecule is C=NC(=CC(=CC)C(F)(F)F)Oc1ccc(CCNc2ncnc3scnc23)c(F)c1. The molecule has 0 unspecified atom stereocenters. The van der Waals surface area contributed by atoms with Crippen molar-refractivity contribution in [2.75, 3.05) is 11.9 Å². The van der Waals surface area contributed by atoms with Crippen molar-refractivity contribution in [3.05, 3.63) is 65.0 Å². The van der Waals surface area contributed by atoms with Crippen LogP contribution in [0.25, 0.3) is 10.3 Å². The highest BCUT2D eigenvalue weighted by atomic mass is 32.1. The largest absolute Gasteiger partial charge is 0.439 e. The van der Waals surface area contributed by atoms with Crippen LogP contribution < -0.4 is 10.1 Å². The molecule has 0 saturated heterocycles. The lowest BCUT2D eigenvalue weighted by molar-refractivity contribution is -0.0885. The number of rotatable bonds is 8. The Bertz CT molecular complexity index is 1140. The van der Waals surface area contributed by atoms with Gasteiger partial charge >= 0.3 is 6.18 Å². The summed E-state index contributed by atoms with van der Waals surface area (Å²) in [6.45, 7) is 4.82. The number of aliphatic imine (C=N–C) groups is 1. The quantitative estimate of drug-likeness (QED) is 0.218. The number of nitrogens with one attached hydrogen (secondary N) is 1. The topological polar surface area (TPSA) is 72.3 Å². The van der Waals surface area contributed by atoms with E-state index in [1.165, 1.54) is 36.7 Å². The minimum atomic E-state index is -4.57. The Kier molecular flexibility index (Phi) is 6.95. The molecule has 0 aliphatic carbocycles. The van der Waals surface area contributed by atoms with Crippen molar-refractivity contribution in [1.29, 1.82) is 0 Å². The van der Waals surface area contributed by atoms with Gasteiger partial charge in [-0.05, 0) is 31.7 Å². The summed E-state index contributed by atoms with van der Waals surface area (Å²) in [5.74, 6) is -0.394. The van der Waals surface area contributed by atoms with Gasteiger partial charge in [0.2, 0.25) is 5.88 Å². The predicted molar refractivity (Wildman–Crippen MR) is 112 cm³/mol. The Labute approximate surface area is 179 Å². The predicted octanol–water partition coefficient (Wildman–Crippen LogP) is 5.31. The van der Waals surface area contributed by atoms with E-state index in [0.717, 1.165) is 17.0 Å². The molecule has 0 radical (unpaired) electrons. The van der Waals surface area contributed by atoms with Crippen molar-refractivity contribution in [1.82, 2.24) is 15.0 Å². The number of halogens is 4. The molecule has 6 nitrogen and oxygen atoms in total. The number of benzene rings is 1. The highest BCUT2D eigenvalue weighted by molar-refractivity contribution is 7.16. The maximum absolute atomic E-state index is 14.5. The Hall–Kier alpha value is -3.34. The van der Waals surface area contributed by atoms with E-state index in [9.17, 15) is 17.6 Å². The number of ether oxygens (including phenoxy) is 1. The molecule has 0 aliphatic rings. The summed E-state index contributed by atoms with van der Waals surface area (Å²) in [7, 11) is 0. The van der Waals surface area contributed by atoms with E-state index >= 15 is 0 Å². The van der Waals surface area contributed by atoms with Crippen molar-refractivity contribution in [2.45, 2.75) is 19.5 Å². The Morgan fingerprint density at radius 3 is 2.77 bits per heavy atom. The number of anilines is 1. The van der Waals surface area contributed by atoms with Gasteiger partial charge in [0.05, 0.1) is 11.1 Å². The third kappa shape index (κ3) is 5.63. The van der Waals surface area contributed by atoms with Crippen LogP contribution in [0.2, 0.25) is 0 Å². The van der Waals surface area contributed by atoms with Crippen molar-refractivity contribution >= 4 is 34.2 Å². The smallest absolute Gasteiger partial charge is 0.416 e. The van der Waals surface area contributed by atoms with Gasteiger partial charge in [0.25, 0.3) is 0 Å². The van der Waals surface area contributed by atoms with Crippen LogP contribution in [0, 0.1) is 5.82 Å². The number of hydrogen-bond acceptors (Lipinski definition) is 7. The number of allylic oxidation sites excluding steroid dienone is 3. The summed E-state index contributed by atoms with van der Waals surface area (Å²) in [5.41, 5.74) is 1.76. The van der Waals surface area contributed by atoms with Gasteiger partial charge in [-0.25, -0.2) is 24.3 Å². The van der Waals surface area contributed by atoms with E-state index in [4.69, 9.17) is 4.74 Å². The van der Waals surface area contributed by atoms with Gasteiger partial charge in [-0.15, -0.1) is 11.3 Å². The van der Waals surface area contributed by atoms with Crippen molar-refractivity contribution in [2.24, 2.45) is 4.99 Å². The first-order valence-corrected chi connectivity index (χ1v) is 9.86. The van der Waals surface area contributed by atoms with E-state index in [0.29, 0.717) is 35.9 Å². The molecular weight excluding hydrogens is 434 g/mol. The Balaban J connectivity index is 1.65. The normalized spacial score (nSPS) is 12.8. The second-order valence-corrected chi connectivity index (χ2v) is 6.98. The molecule has 0 spiro atoms. The number of hydrogen-bond donors (Lipinski definition) is 1. The van der Waals surface area contributed by atoms with E-state index in [1.807, 2.05) is 0 Å². The van der Waals surface area contributed by atoms with Gasteiger partial charge in [-0.3, -0.25) is 0 Å². The number of aromatic nitrogens is 3. The number of nitrogens with zero attached hydrogens (tertiary/aromatic N) is 4. The summed E-state index contributed by atoms with van der Waals surface area (Å²) < 4.78 is 58.3. The van der Waals surface area contributed by atoms with E-state index in [-0.39, 0.29) is 5.75 Å². The molecule has 162 valence electrons. The summed E-state index contributed by atoms with van der Waals surface area (Å²) in [4.78, 5) is 16.6. The van der Waals surface area contributed by atoms with Gasteiger partial charge in [0.1, 0.15) is 28.2 Å². The molecule has 2 aromatic heterocycles. The first kappa shape index (κ1) is 22.3. The molecule has 31 heavy (non-hydrogen) atoms. The van der Waals surface area contributed by atoms with Crippen LogP contribution in [-0.4, -0.2) is 34.4 Å². The van der Waals surface area contributed by atoms with Gasteiger partial charge in [0, 0.05) is 18.7 Å². The highest BCUT2D eigenvalue weighted by Gasteiger charge is 2.32. The monoisotopic (exact) mass is 451 g/mol. The Morgan fingerprint density at radius 1 is 1.29 bits per heavy atom. The molecule has 0 bridgehead atoms. The molecule has 2 heterocycles. The van der Waals surface area contributed by atoms with Gasteiger partial charge < -0.3 is 10.1 Å². The van der Waals surface area contributed by atoms with E-state index in [1.54, 1.807) is 5.51 Å². The van der Waals surface area contributed by atoms with Crippen LogP contribution >= 0.6 is 11.3 Å². The maximum atomic E-state index is 14.5. The van der Waals surface area contributed by atoms with E-state index in [2.05, 4.69) is 32.0 Å². The molecule has 0 aliphatic heterocycles. The minimum absolute atomic E-state index is 0.00506. The third-order valence-corrected chi connectivity index (χ3v) is 4.87. The van der Waals surface area contributed by atoms with Crippen molar-refractivity contribution < 1.29 is 22.3 Å². The second-order valence-electron chi connectivity index (χ2n) is 6.14. The highest BCUT2D eigenvalue weighted by Crippen LogP contribution is 2.28. The number of fused-ring (bicyclic) bond motifs is 1. The summed E-state index contributed by atoms with van der Waals surface area (Å²) in [6.07, 6.45) is -1.23. The van der Waals surface area contributed by atoms with Crippen molar-refractivity contribution in [3.63, 3.8) is 0 Å². The zero-order chi connectivity index (χ0) is 22.4. The Morgan fingerprint density at radius 2 is 2.10 bits per heavy atom. The lowest BCUT2D eigenvalue weighted by Crippen LogP contribution is -2.11. The van der Waals surface area contributed by atoms with Gasteiger partial charge in [0.15, 0.2) is 5.82 Å². The fourth-order valence-electron chi connectivity index (χ4n) is 2.62. The van der Waals surface area contributed by atoms with Crippen LogP contribution in [0.3, 0.4) is 0 Å². The van der Waals surface area contributed by atoms with Crippen LogP contribution in [0.4, 0.5) is 23.4 Å². The molecule has 1 aromatic carbocycles. The van der Waals surface area contributed by atoms with Crippen LogP contribution in [-0.2, 0) is 6.42 Å². The zero-order valence-corrected chi connectivity index (χ0v) is 17.1. The summed E-state index contributed by atoms with van der Waals surface area (Å²) >= 11 is 1.39. The molecule has 3 rings (SSSR count). The van der Waals surface area contributed by atoms with Crippen LogP contribution in [0.15, 0.2) is 58.6 Å². The molecule has 0 atom stereocenters. The molecule has 3 aromatic rings. The fourth-order valence-corrected chi connectivity index (χ4v) is 3.25. The lowest BCUT2D eigenvalue weighted by atomic mass is 10.1. The maximum Gasteiger partial charge on any atom is 0.416 e. The standard InChI is InChI=1S/C20H17F4N5OS/c1-3-13(20(22,23)24)8-16(25-2)30-14-5-4-12(15(21)9-14)6-7-26-18-17-19(28-10-27-18)31-11-29-17/h3-5,8-11H,2,6-7H2,1H3,(H,26,27,28). The molecular formula is C20H17F4N5OS. The van der Waals surface area contributed by atoms with Gasteiger partial charge in [-0.2, -0.15) is 13.2 Å². The minimum Gasteiger partial charge on any atom is -0.439 e. The zero-order valence-electron chi connectivity index (χ0n) is 16.3.